The average molecular weight is 437 g/mol. The lowest BCUT2D eigenvalue weighted by Crippen LogP contribution is -2.41. The number of thiophene rings is 1. The van der Waals surface area contributed by atoms with E-state index in [0.29, 0.717) is 23.5 Å². The molecule has 0 bridgehead atoms. The van der Waals surface area contributed by atoms with E-state index in [1.807, 2.05) is 29.2 Å². The fourth-order valence-corrected chi connectivity index (χ4v) is 4.75. The molecule has 1 N–H and O–H groups in total. The first kappa shape index (κ1) is 21.1. The SMILES string of the molecule is COCC(=O)N1CCc2sccc2[C@H]1c1ccc(NC(=O)c2ccc(OC)cc2)cc1. The number of anilines is 1. The van der Waals surface area contributed by atoms with Crippen LogP contribution in [0, 0.1) is 0 Å². The van der Waals surface area contributed by atoms with Crippen molar-refractivity contribution < 1.29 is 19.1 Å². The predicted octanol–water partition coefficient (Wildman–Crippen LogP) is 4.13. The summed E-state index contributed by atoms with van der Waals surface area (Å²) in [5.41, 5.74) is 3.42. The molecular weight excluding hydrogens is 412 g/mol. The summed E-state index contributed by atoms with van der Waals surface area (Å²) >= 11 is 1.73. The molecule has 2 amide bonds. The van der Waals surface area contributed by atoms with Crippen molar-refractivity contribution in [3.63, 3.8) is 0 Å². The minimum atomic E-state index is -0.190. The minimum absolute atomic E-state index is 0.0266. The van der Waals surface area contributed by atoms with Crippen LogP contribution in [0.25, 0.3) is 0 Å². The van der Waals surface area contributed by atoms with E-state index < -0.39 is 0 Å². The van der Waals surface area contributed by atoms with Crippen molar-refractivity contribution in [2.75, 3.05) is 32.7 Å². The zero-order valence-electron chi connectivity index (χ0n) is 17.5. The maximum Gasteiger partial charge on any atom is 0.255 e. The molecule has 2 heterocycles. The Kier molecular flexibility index (Phi) is 6.34. The van der Waals surface area contributed by atoms with Gasteiger partial charge >= 0.3 is 0 Å². The summed E-state index contributed by atoms with van der Waals surface area (Å²) < 4.78 is 10.2. The van der Waals surface area contributed by atoms with Crippen molar-refractivity contribution >= 4 is 28.8 Å². The van der Waals surface area contributed by atoms with Gasteiger partial charge in [-0.1, -0.05) is 12.1 Å². The van der Waals surface area contributed by atoms with Crippen molar-refractivity contribution in [2.45, 2.75) is 12.5 Å². The number of ether oxygens (including phenoxy) is 2. The highest BCUT2D eigenvalue weighted by Gasteiger charge is 2.32. The quantitative estimate of drug-likeness (QED) is 0.631. The molecule has 0 fully saturated rings. The van der Waals surface area contributed by atoms with Gasteiger partial charge in [0.15, 0.2) is 0 Å². The summed E-state index contributed by atoms with van der Waals surface area (Å²) in [5, 5.41) is 4.99. The number of carbonyl (C=O) groups is 2. The summed E-state index contributed by atoms with van der Waals surface area (Å²) in [6, 6.07) is 16.6. The van der Waals surface area contributed by atoms with Gasteiger partial charge in [0.25, 0.3) is 5.91 Å². The Morgan fingerprint density at radius 3 is 2.48 bits per heavy atom. The standard InChI is InChI=1S/C24H24N2O4S/c1-29-15-22(27)26-13-11-21-20(12-14-31-21)23(26)16-3-7-18(8-4-16)25-24(28)17-5-9-19(30-2)10-6-17/h3-10,12,14,23H,11,13,15H2,1-2H3,(H,25,28)/t23-/m1/s1. The van der Waals surface area contributed by atoms with Gasteiger partial charge in [0.2, 0.25) is 5.91 Å². The van der Waals surface area contributed by atoms with Crippen LogP contribution in [0.2, 0.25) is 0 Å². The number of hydrogen-bond acceptors (Lipinski definition) is 5. The Labute approximate surface area is 185 Å². The monoisotopic (exact) mass is 436 g/mol. The maximum atomic E-state index is 12.7. The smallest absolute Gasteiger partial charge is 0.255 e. The van der Waals surface area contributed by atoms with Crippen LogP contribution in [0.3, 0.4) is 0 Å². The molecular formula is C24H24N2O4S. The van der Waals surface area contributed by atoms with Gasteiger partial charge in [-0.3, -0.25) is 9.59 Å². The molecule has 1 aromatic heterocycles. The molecule has 1 aliphatic heterocycles. The van der Waals surface area contributed by atoms with Crippen LogP contribution in [0.4, 0.5) is 5.69 Å². The van der Waals surface area contributed by atoms with E-state index in [4.69, 9.17) is 9.47 Å². The molecule has 3 aromatic rings. The van der Waals surface area contributed by atoms with Gasteiger partial charge in [0.05, 0.1) is 13.2 Å². The number of nitrogens with zero attached hydrogens (tertiary/aromatic N) is 1. The van der Waals surface area contributed by atoms with Crippen molar-refractivity contribution in [3.05, 3.63) is 81.5 Å². The first-order valence-corrected chi connectivity index (χ1v) is 10.9. The number of nitrogens with one attached hydrogen (secondary N) is 1. The summed E-state index contributed by atoms with van der Waals surface area (Å²) in [4.78, 5) is 28.4. The van der Waals surface area contributed by atoms with Crippen LogP contribution < -0.4 is 10.1 Å². The summed E-state index contributed by atoms with van der Waals surface area (Å²) in [5.74, 6) is 0.486. The molecule has 0 aliphatic carbocycles. The number of amides is 2. The van der Waals surface area contributed by atoms with Crippen LogP contribution in [-0.2, 0) is 16.0 Å². The largest absolute Gasteiger partial charge is 0.497 e. The van der Waals surface area contributed by atoms with E-state index in [2.05, 4.69) is 16.8 Å². The van der Waals surface area contributed by atoms with Gasteiger partial charge in [-0.15, -0.1) is 11.3 Å². The zero-order valence-corrected chi connectivity index (χ0v) is 18.3. The Bertz CT molecular complexity index is 1060. The molecule has 0 radical (unpaired) electrons. The average Bonchev–Trinajstić information content (AvgIpc) is 3.28. The molecule has 0 saturated carbocycles. The zero-order chi connectivity index (χ0) is 21.8. The van der Waals surface area contributed by atoms with Gasteiger partial charge in [-0.25, -0.2) is 0 Å². The molecule has 160 valence electrons. The Morgan fingerprint density at radius 2 is 1.81 bits per heavy atom. The van der Waals surface area contributed by atoms with E-state index in [1.54, 1.807) is 42.7 Å². The lowest BCUT2D eigenvalue weighted by atomic mass is 9.93. The van der Waals surface area contributed by atoms with Crippen LogP contribution in [-0.4, -0.2) is 44.1 Å². The highest BCUT2D eigenvalue weighted by atomic mass is 32.1. The summed E-state index contributed by atoms with van der Waals surface area (Å²) in [6.07, 6.45) is 0.856. The molecule has 1 atom stereocenters. The van der Waals surface area contributed by atoms with Gasteiger partial charge in [-0.2, -0.15) is 0 Å². The van der Waals surface area contributed by atoms with E-state index in [9.17, 15) is 9.59 Å². The molecule has 0 unspecified atom stereocenters. The lowest BCUT2D eigenvalue weighted by molar-refractivity contribution is -0.137. The first-order chi connectivity index (χ1) is 15.1. The molecule has 0 spiro atoms. The molecule has 2 aromatic carbocycles. The van der Waals surface area contributed by atoms with Crippen molar-refractivity contribution in [3.8, 4) is 5.75 Å². The molecule has 7 heteroatoms. The van der Waals surface area contributed by atoms with E-state index in [1.165, 1.54) is 12.0 Å². The third-order valence-electron chi connectivity index (χ3n) is 5.39. The first-order valence-electron chi connectivity index (χ1n) is 10.0. The summed E-state index contributed by atoms with van der Waals surface area (Å²) in [7, 11) is 3.12. The van der Waals surface area contributed by atoms with Gasteiger partial charge < -0.3 is 19.7 Å². The number of methoxy groups -OCH3 is 2. The topological polar surface area (TPSA) is 67.9 Å². The van der Waals surface area contributed by atoms with Crippen LogP contribution >= 0.6 is 11.3 Å². The highest BCUT2D eigenvalue weighted by Crippen LogP contribution is 2.38. The van der Waals surface area contributed by atoms with Crippen molar-refractivity contribution in [1.29, 1.82) is 0 Å². The van der Waals surface area contributed by atoms with Crippen LogP contribution in [0.15, 0.2) is 60.0 Å². The molecule has 31 heavy (non-hydrogen) atoms. The lowest BCUT2D eigenvalue weighted by Gasteiger charge is -2.36. The molecule has 6 nitrogen and oxygen atoms in total. The second kappa shape index (κ2) is 9.32. The van der Waals surface area contributed by atoms with Gasteiger partial charge in [0.1, 0.15) is 12.4 Å². The second-order valence-corrected chi connectivity index (χ2v) is 8.28. The normalized spacial score (nSPS) is 15.3. The maximum absolute atomic E-state index is 12.7. The fourth-order valence-electron chi connectivity index (χ4n) is 3.85. The Morgan fingerprint density at radius 1 is 1.06 bits per heavy atom. The Balaban J connectivity index is 1.54. The van der Waals surface area contributed by atoms with Gasteiger partial charge in [-0.05, 0) is 65.4 Å². The minimum Gasteiger partial charge on any atom is -0.497 e. The number of fused-ring (bicyclic) bond motifs is 1. The Hall–Kier alpha value is -3.16. The third-order valence-corrected chi connectivity index (χ3v) is 6.39. The number of hydrogen-bond donors (Lipinski definition) is 1. The number of rotatable bonds is 6. The van der Waals surface area contributed by atoms with Crippen LogP contribution in [0.1, 0.15) is 32.4 Å². The fraction of sp³-hybridized carbons (Fsp3) is 0.250. The van der Waals surface area contributed by atoms with E-state index in [-0.39, 0.29) is 24.5 Å². The third kappa shape index (κ3) is 4.47. The predicted molar refractivity (Wildman–Crippen MR) is 121 cm³/mol. The van der Waals surface area contributed by atoms with E-state index in [0.717, 1.165) is 17.5 Å². The number of benzene rings is 2. The molecule has 1 aliphatic rings. The second-order valence-electron chi connectivity index (χ2n) is 7.28. The number of carbonyl (C=O) groups excluding carboxylic acids is 2. The van der Waals surface area contributed by atoms with Gasteiger partial charge in [0, 0.05) is 29.8 Å². The molecule has 0 saturated heterocycles. The van der Waals surface area contributed by atoms with E-state index >= 15 is 0 Å². The summed E-state index contributed by atoms with van der Waals surface area (Å²) in [6.45, 7) is 0.725. The highest BCUT2D eigenvalue weighted by molar-refractivity contribution is 7.10. The van der Waals surface area contributed by atoms with Crippen molar-refractivity contribution in [2.24, 2.45) is 0 Å². The van der Waals surface area contributed by atoms with Crippen molar-refractivity contribution in [1.82, 2.24) is 4.90 Å². The molecule has 4 rings (SSSR count). The van der Waals surface area contributed by atoms with Crippen LogP contribution in [0.5, 0.6) is 5.75 Å².